The van der Waals surface area contributed by atoms with E-state index < -0.39 is 12.1 Å². The summed E-state index contributed by atoms with van der Waals surface area (Å²) in [5, 5.41) is 22.8. The zero-order chi connectivity index (χ0) is 52.3. The number of fused-ring (bicyclic) bond motifs is 5. The van der Waals surface area contributed by atoms with Gasteiger partial charge in [-0.2, -0.15) is 0 Å². The Kier molecular flexibility index (Phi) is 11.4. The van der Waals surface area contributed by atoms with Crippen molar-refractivity contribution in [3.05, 3.63) is 252 Å². The van der Waals surface area contributed by atoms with Gasteiger partial charge in [-0.25, -0.2) is 0 Å². The van der Waals surface area contributed by atoms with Crippen molar-refractivity contribution < 1.29 is 37.7 Å². The van der Waals surface area contributed by atoms with E-state index in [2.05, 4.69) is 63.2 Å². The van der Waals surface area contributed by atoms with Crippen LogP contribution in [-0.4, -0.2) is 30.9 Å². The van der Waals surface area contributed by atoms with Crippen molar-refractivity contribution in [2.45, 2.75) is 46.7 Å². The number of hydrogen-bond acceptors (Lipinski definition) is 8. The minimum atomic E-state index is -1.58. The van der Waals surface area contributed by atoms with Crippen LogP contribution in [-0.2, 0) is 0 Å². The van der Waals surface area contributed by atoms with Crippen molar-refractivity contribution in [1.82, 2.24) is 0 Å². The molecule has 0 saturated carbocycles. The summed E-state index contributed by atoms with van der Waals surface area (Å²) < 4.78 is 35.0. The first-order chi connectivity index (χ1) is 37.6. The lowest BCUT2D eigenvalue weighted by Crippen LogP contribution is -2.59. The van der Waals surface area contributed by atoms with E-state index in [1.165, 1.54) is 0 Å². The molecule has 10 aromatic rings. The van der Waals surface area contributed by atoms with Gasteiger partial charge in [0.1, 0.15) is 0 Å². The fourth-order valence-corrected chi connectivity index (χ4v) is 10.4. The van der Waals surface area contributed by atoms with Gasteiger partial charge in [0, 0.05) is 74.6 Å². The maximum Gasteiger partial charge on any atom is 0.762 e. The van der Waals surface area contributed by atoms with Crippen molar-refractivity contribution in [3.8, 4) is 34.1 Å². The summed E-state index contributed by atoms with van der Waals surface area (Å²) in [6.07, 6.45) is 0. The molecule has 12 nitrogen and oxygen atoms in total. The van der Waals surface area contributed by atoms with E-state index in [9.17, 15) is 0 Å². The Morgan fingerprint density at radius 1 is 0.312 bits per heavy atom. The zero-order valence-electron chi connectivity index (χ0n) is 43.1. The van der Waals surface area contributed by atoms with E-state index in [4.69, 9.17) is 39.4 Å². The highest BCUT2D eigenvalue weighted by atomic mass is 16.8. The predicted octanol–water partition coefficient (Wildman–Crippen LogP) is 17.6. The molecule has 4 aliphatic rings. The molecule has 0 N–H and O–H groups in total. The molecule has 14 rings (SSSR count). The van der Waals surface area contributed by atoms with Gasteiger partial charge in [0.15, 0.2) is 45.7 Å². The lowest BCUT2D eigenvalue weighted by atomic mass is 10.0. The highest BCUT2D eigenvalue weighted by molar-refractivity contribution is 5.88. The molecule has 10 aromatic carbocycles. The third-order valence-electron chi connectivity index (χ3n) is 13.8. The first-order valence-corrected chi connectivity index (χ1v) is 25.6. The maximum absolute atomic E-state index is 7.12. The topological polar surface area (TPSA) is 98.4 Å². The third-order valence-corrected chi connectivity index (χ3v) is 13.8. The van der Waals surface area contributed by atoms with Crippen molar-refractivity contribution in [1.29, 1.82) is 0 Å². The summed E-state index contributed by atoms with van der Waals surface area (Å²) in [7, 11) is 0. The number of aryl methyl sites for hydroxylation is 5. The first kappa shape index (κ1) is 46.8. The number of para-hydroxylation sites is 4. The minimum Gasteiger partial charge on any atom is -0.334 e. The number of azo groups is 8. The van der Waals surface area contributed by atoms with Crippen LogP contribution >= 0.6 is 0 Å². The predicted molar refractivity (Wildman–Crippen MR) is 294 cm³/mol. The average Bonchev–Trinajstić information content (AvgIpc) is 3.64. The van der Waals surface area contributed by atoms with E-state index in [-0.39, 0.29) is 0 Å². The van der Waals surface area contributed by atoms with Crippen LogP contribution in [0.1, 0.15) is 27.8 Å². The van der Waals surface area contributed by atoms with Crippen LogP contribution in [0.15, 0.2) is 245 Å². The maximum atomic E-state index is 7.12. The second-order valence-corrected chi connectivity index (χ2v) is 19.5. The molecule has 0 aliphatic carbocycles. The van der Waals surface area contributed by atoms with E-state index >= 15 is 0 Å². The van der Waals surface area contributed by atoms with E-state index in [1.54, 1.807) is 18.8 Å². The largest absolute Gasteiger partial charge is 0.762 e. The van der Waals surface area contributed by atoms with E-state index in [1.807, 2.05) is 196 Å². The number of hydrogen-bond donors (Lipinski definition) is 0. The fourth-order valence-electron chi connectivity index (χ4n) is 10.4. The van der Waals surface area contributed by atoms with Crippen LogP contribution in [0.4, 0.5) is 45.5 Å². The molecule has 4 aliphatic heterocycles. The standard InChI is InChI=1S/C34H28N4O2.C31H24N4O2/c1-23-19-25(3)32-30(21-23)35-37(27-15-9-5-10-16-27)34(39-32)38(28-17-11-6-12-18-28)36-31-22-24(2)20-29(33(31)40-34)26-13-7-4-8-14-26;1-21-17-22(2)30-28(18-21)33-35(26-15-7-4-8-16-26)31(37-30)34(25-13-5-3-6-14-25)32-27-19-23-11-9-10-12-24(23)20-29(27)36-31/h4-22H,1-3H3;3-20H,1-2H3/q2*+2/t34-;31-/m00/s1. The number of benzene rings is 10. The third kappa shape index (κ3) is 8.27. The molecule has 372 valence electrons. The van der Waals surface area contributed by atoms with Crippen LogP contribution in [0.2, 0.25) is 0 Å². The Hall–Kier alpha value is -9.94. The highest BCUT2D eigenvalue weighted by Gasteiger charge is 2.72. The minimum absolute atomic E-state index is 0.621. The first-order valence-electron chi connectivity index (χ1n) is 25.6. The molecule has 0 amide bonds. The van der Waals surface area contributed by atoms with E-state index in [0.29, 0.717) is 23.0 Å². The van der Waals surface area contributed by atoms with Gasteiger partial charge >= 0.3 is 12.1 Å². The van der Waals surface area contributed by atoms with Gasteiger partial charge in [-0.05, 0) is 115 Å². The molecule has 0 fully saturated rings. The Morgan fingerprint density at radius 3 is 1.09 bits per heavy atom. The van der Waals surface area contributed by atoms with Gasteiger partial charge in [-0.3, -0.25) is 0 Å². The SMILES string of the molecule is Cc1cc(C)c2c(c1)N=[N+](c1ccccc1)[C@@]1(Oc3cc4ccccc4cc3N=[N+]1c1ccccc1)O2.Cc1cc(C)c2c(c1)N=[N+](c1ccccc1)[C@]1(O2)Oc2c(cc(C)cc2-c2ccccc2)N=[N+]1c1ccccc1. The van der Waals surface area contributed by atoms with Crippen molar-refractivity contribution in [2.24, 2.45) is 20.5 Å². The van der Waals surface area contributed by atoms with Gasteiger partial charge < -0.3 is 18.9 Å². The second kappa shape index (κ2) is 18.8. The average molecular weight is 1010 g/mol. The molecule has 2 atom stereocenters. The Labute approximate surface area is 445 Å². The number of ether oxygens (including phenoxy) is 4. The number of rotatable bonds is 5. The van der Waals surface area contributed by atoms with E-state index in [0.717, 1.165) is 95.2 Å². The number of nitrogens with zero attached hydrogens (tertiary/aromatic N) is 8. The van der Waals surface area contributed by atoms with Gasteiger partial charge in [0.2, 0.25) is 22.7 Å². The summed E-state index contributed by atoms with van der Waals surface area (Å²) in [6.45, 7) is 10.3. The van der Waals surface area contributed by atoms with Gasteiger partial charge in [-0.1, -0.05) is 140 Å². The molecule has 0 bridgehead atoms. The lowest BCUT2D eigenvalue weighted by molar-refractivity contribution is -0.903. The molecule has 0 saturated heterocycles. The molecule has 12 heteroatoms. The van der Waals surface area contributed by atoms with Crippen molar-refractivity contribution in [2.75, 3.05) is 0 Å². The summed E-state index contributed by atoms with van der Waals surface area (Å²) in [5.41, 5.74) is 13.4. The summed E-state index contributed by atoms with van der Waals surface area (Å²) in [5.74, 6) is 2.58. The summed E-state index contributed by atoms with van der Waals surface area (Å²) in [4.78, 5) is 0. The Bertz CT molecular complexity index is 4100. The van der Waals surface area contributed by atoms with Gasteiger partial charge in [-0.15, -0.1) is 0 Å². The molecular formula is C65H52N8O4+4. The Morgan fingerprint density at radius 2 is 0.649 bits per heavy atom. The summed E-state index contributed by atoms with van der Waals surface area (Å²) in [6, 6.07) is 71.5. The van der Waals surface area contributed by atoms with Crippen LogP contribution in [0.5, 0.6) is 23.0 Å². The van der Waals surface area contributed by atoms with Crippen LogP contribution in [0.3, 0.4) is 0 Å². The van der Waals surface area contributed by atoms with Crippen LogP contribution < -0.4 is 18.9 Å². The van der Waals surface area contributed by atoms with Crippen LogP contribution in [0.25, 0.3) is 21.9 Å². The lowest BCUT2D eigenvalue weighted by Gasteiger charge is -2.29. The van der Waals surface area contributed by atoms with Gasteiger partial charge in [0.05, 0.1) is 18.8 Å². The van der Waals surface area contributed by atoms with Gasteiger partial charge in [0.25, 0.3) is 0 Å². The molecule has 2 spiro atoms. The van der Waals surface area contributed by atoms with Crippen molar-refractivity contribution >= 4 is 56.3 Å². The molecule has 4 heterocycles. The quantitative estimate of drug-likeness (QED) is 0.160. The molecule has 0 unspecified atom stereocenters. The monoisotopic (exact) mass is 1010 g/mol. The summed E-state index contributed by atoms with van der Waals surface area (Å²) >= 11 is 0. The van der Waals surface area contributed by atoms with Crippen molar-refractivity contribution in [3.63, 3.8) is 0 Å². The zero-order valence-corrected chi connectivity index (χ0v) is 43.1. The molecule has 0 radical (unpaired) electrons. The Balaban J connectivity index is 0.000000147. The van der Waals surface area contributed by atoms with Crippen LogP contribution in [0, 0.1) is 34.6 Å². The fraction of sp³-hybridized carbons (Fsp3) is 0.108. The molecular weight excluding hydrogens is 957 g/mol. The smallest absolute Gasteiger partial charge is 0.334 e. The second-order valence-electron chi connectivity index (χ2n) is 19.5. The molecule has 0 aromatic heterocycles. The normalized spacial score (nSPS) is 17.5. The molecule has 77 heavy (non-hydrogen) atoms. The highest BCUT2D eigenvalue weighted by Crippen LogP contribution is 2.53.